The van der Waals surface area contributed by atoms with Crippen LogP contribution in [0.2, 0.25) is 0 Å². The van der Waals surface area contributed by atoms with Gasteiger partial charge in [-0.05, 0) is 40.4 Å². The molecule has 1 aromatic rings. The van der Waals surface area contributed by atoms with Crippen molar-refractivity contribution in [3.05, 3.63) is 28.2 Å². The number of aromatic carboxylic acids is 1. The Balaban J connectivity index is 2.23. The van der Waals surface area contributed by atoms with Crippen LogP contribution in [0.15, 0.2) is 22.7 Å². The van der Waals surface area contributed by atoms with Gasteiger partial charge in [0.25, 0.3) is 5.91 Å². The van der Waals surface area contributed by atoms with Gasteiger partial charge in [-0.3, -0.25) is 4.79 Å². The molecule has 1 fully saturated rings. The number of ether oxygens (including phenoxy) is 1. The topological polar surface area (TPSA) is 75.6 Å². The second kappa shape index (κ2) is 5.71. The summed E-state index contributed by atoms with van der Waals surface area (Å²) >= 11 is 3.25. The Bertz CT molecular complexity index is 517. The van der Waals surface area contributed by atoms with Crippen molar-refractivity contribution in [3.63, 3.8) is 0 Å². The molecule has 1 aliphatic heterocycles. The van der Waals surface area contributed by atoms with Gasteiger partial charge in [-0.1, -0.05) is 13.0 Å². The monoisotopic (exact) mass is 327 g/mol. The summed E-state index contributed by atoms with van der Waals surface area (Å²) in [6, 6.07) is 4.74. The molecule has 19 heavy (non-hydrogen) atoms. The van der Waals surface area contributed by atoms with Crippen LogP contribution in [0.25, 0.3) is 0 Å². The summed E-state index contributed by atoms with van der Waals surface area (Å²) in [7, 11) is 0. The minimum Gasteiger partial charge on any atom is -0.478 e. The number of carboxylic acid groups (broad SMARTS) is 1. The van der Waals surface area contributed by atoms with E-state index in [1.54, 1.807) is 12.1 Å². The van der Waals surface area contributed by atoms with Crippen LogP contribution in [-0.4, -0.2) is 29.7 Å². The molecule has 2 unspecified atom stereocenters. The maximum Gasteiger partial charge on any atom is 0.337 e. The zero-order valence-electron chi connectivity index (χ0n) is 10.4. The Hall–Kier alpha value is -1.40. The Kier molecular flexibility index (Phi) is 4.21. The maximum atomic E-state index is 12.1. The minimum absolute atomic E-state index is 0.0494. The number of nitrogens with one attached hydrogen (secondary N) is 1. The summed E-state index contributed by atoms with van der Waals surface area (Å²) in [4.78, 5) is 23.2. The number of hydrogen-bond donors (Lipinski definition) is 2. The fourth-order valence-electron chi connectivity index (χ4n) is 2.05. The highest BCUT2D eigenvalue weighted by molar-refractivity contribution is 9.10. The number of hydrogen-bond acceptors (Lipinski definition) is 3. The summed E-state index contributed by atoms with van der Waals surface area (Å²) in [5.41, 5.74) is 0.316. The summed E-state index contributed by atoms with van der Waals surface area (Å²) in [6.07, 6.45) is 0.313. The molecule has 1 aromatic carbocycles. The molecule has 1 saturated heterocycles. The highest BCUT2D eigenvalue weighted by Gasteiger charge is 2.31. The Morgan fingerprint density at radius 3 is 2.79 bits per heavy atom. The quantitative estimate of drug-likeness (QED) is 0.894. The van der Waals surface area contributed by atoms with Crippen LogP contribution >= 0.6 is 15.9 Å². The van der Waals surface area contributed by atoms with E-state index in [0.29, 0.717) is 11.1 Å². The summed E-state index contributed by atoms with van der Waals surface area (Å²) < 4.78 is 5.90. The van der Waals surface area contributed by atoms with Crippen molar-refractivity contribution in [2.24, 2.45) is 5.92 Å². The van der Waals surface area contributed by atoms with Crippen LogP contribution < -0.4 is 5.32 Å². The van der Waals surface area contributed by atoms with E-state index in [1.807, 2.05) is 6.92 Å². The van der Waals surface area contributed by atoms with E-state index in [4.69, 9.17) is 9.84 Å². The largest absolute Gasteiger partial charge is 0.478 e. The zero-order chi connectivity index (χ0) is 14.0. The van der Waals surface area contributed by atoms with Gasteiger partial charge in [0.05, 0.1) is 11.3 Å². The molecule has 5 nitrogen and oxygen atoms in total. The number of carbonyl (C=O) groups is 2. The highest BCUT2D eigenvalue weighted by Crippen LogP contribution is 2.28. The van der Waals surface area contributed by atoms with Crippen molar-refractivity contribution in [2.75, 3.05) is 11.9 Å². The highest BCUT2D eigenvalue weighted by atomic mass is 79.9. The molecule has 0 aliphatic carbocycles. The maximum absolute atomic E-state index is 12.1. The average Bonchev–Trinajstić information content (AvgIpc) is 2.77. The van der Waals surface area contributed by atoms with E-state index in [0.717, 1.165) is 6.42 Å². The fraction of sp³-hybridized carbons (Fsp3) is 0.385. The third kappa shape index (κ3) is 2.96. The molecule has 1 aliphatic rings. The van der Waals surface area contributed by atoms with E-state index in [2.05, 4.69) is 21.2 Å². The van der Waals surface area contributed by atoms with Crippen molar-refractivity contribution in [1.82, 2.24) is 0 Å². The molecule has 0 spiro atoms. The molecule has 0 aromatic heterocycles. The van der Waals surface area contributed by atoms with Gasteiger partial charge in [0, 0.05) is 11.1 Å². The number of amides is 1. The number of carboxylic acids is 1. The number of rotatable bonds is 3. The van der Waals surface area contributed by atoms with Gasteiger partial charge < -0.3 is 15.2 Å². The third-order valence-corrected chi connectivity index (χ3v) is 3.80. The first-order valence-corrected chi connectivity index (χ1v) is 6.74. The molecule has 1 heterocycles. The fourth-order valence-corrected chi connectivity index (χ4v) is 2.52. The molecule has 102 valence electrons. The second-order valence-electron chi connectivity index (χ2n) is 4.51. The van der Waals surface area contributed by atoms with Gasteiger partial charge in [0.15, 0.2) is 0 Å². The van der Waals surface area contributed by atoms with E-state index < -0.39 is 12.1 Å². The smallest absolute Gasteiger partial charge is 0.337 e. The van der Waals surface area contributed by atoms with Gasteiger partial charge in [0.1, 0.15) is 6.10 Å². The van der Waals surface area contributed by atoms with E-state index in [9.17, 15) is 9.59 Å². The Morgan fingerprint density at radius 1 is 1.47 bits per heavy atom. The van der Waals surface area contributed by atoms with Gasteiger partial charge in [-0.2, -0.15) is 0 Å². The normalized spacial score (nSPS) is 22.2. The first-order chi connectivity index (χ1) is 9.00. The molecule has 2 rings (SSSR count). The van der Waals surface area contributed by atoms with Crippen LogP contribution in [0.4, 0.5) is 5.69 Å². The lowest BCUT2D eigenvalue weighted by Gasteiger charge is -2.16. The standard InChI is InChI=1S/C13H14BrNO4/c1-7-5-6-19-11(7)12(16)15-10-8(13(17)18)3-2-4-9(10)14/h2-4,7,11H,5-6H2,1H3,(H,15,16)(H,17,18). The summed E-state index contributed by atoms with van der Waals surface area (Å²) in [5.74, 6) is -1.26. The van der Waals surface area contributed by atoms with Gasteiger partial charge in [-0.25, -0.2) is 4.79 Å². The van der Waals surface area contributed by atoms with Gasteiger partial charge in [0.2, 0.25) is 0 Å². The van der Waals surface area contributed by atoms with Crippen molar-refractivity contribution in [2.45, 2.75) is 19.4 Å². The molecular weight excluding hydrogens is 314 g/mol. The Labute approximate surface area is 119 Å². The third-order valence-electron chi connectivity index (χ3n) is 3.14. The van der Waals surface area contributed by atoms with Crippen molar-refractivity contribution in [3.8, 4) is 0 Å². The minimum atomic E-state index is -1.09. The molecule has 0 radical (unpaired) electrons. The lowest BCUT2D eigenvalue weighted by molar-refractivity contribution is -0.126. The second-order valence-corrected chi connectivity index (χ2v) is 5.37. The lowest BCUT2D eigenvalue weighted by Crippen LogP contribution is -2.32. The predicted molar refractivity (Wildman–Crippen MR) is 73.3 cm³/mol. The van der Waals surface area contributed by atoms with Gasteiger partial charge >= 0.3 is 5.97 Å². The van der Waals surface area contributed by atoms with E-state index in [1.165, 1.54) is 6.07 Å². The number of halogens is 1. The summed E-state index contributed by atoms with van der Waals surface area (Å²) in [5, 5.41) is 11.8. The molecular formula is C13H14BrNO4. The molecule has 0 bridgehead atoms. The van der Waals surface area contributed by atoms with Crippen molar-refractivity contribution >= 4 is 33.5 Å². The lowest BCUT2D eigenvalue weighted by atomic mass is 10.0. The Morgan fingerprint density at radius 2 is 2.21 bits per heavy atom. The van der Waals surface area contributed by atoms with Crippen LogP contribution in [0, 0.1) is 5.92 Å². The van der Waals surface area contributed by atoms with Crippen LogP contribution in [-0.2, 0) is 9.53 Å². The van der Waals surface area contributed by atoms with Crippen molar-refractivity contribution < 1.29 is 19.4 Å². The van der Waals surface area contributed by atoms with E-state index in [-0.39, 0.29) is 23.1 Å². The summed E-state index contributed by atoms with van der Waals surface area (Å²) in [6.45, 7) is 2.50. The first kappa shape index (κ1) is 14.0. The molecule has 0 saturated carbocycles. The SMILES string of the molecule is CC1CCOC1C(=O)Nc1c(Br)cccc1C(=O)O. The number of anilines is 1. The van der Waals surface area contributed by atoms with Gasteiger partial charge in [-0.15, -0.1) is 0 Å². The number of para-hydroxylation sites is 1. The molecule has 2 N–H and O–H groups in total. The first-order valence-electron chi connectivity index (χ1n) is 5.95. The molecule has 1 amide bonds. The average molecular weight is 328 g/mol. The van der Waals surface area contributed by atoms with Crippen LogP contribution in [0.5, 0.6) is 0 Å². The zero-order valence-corrected chi connectivity index (χ0v) is 11.9. The molecule has 2 atom stereocenters. The number of benzene rings is 1. The number of carbonyl (C=O) groups excluding carboxylic acids is 1. The molecule has 6 heteroatoms. The van der Waals surface area contributed by atoms with Crippen LogP contribution in [0.3, 0.4) is 0 Å². The predicted octanol–water partition coefficient (Wildman–Crippen LogP) is 2.51. The van der Waals surface area contributed by atoms with Crippen LogP contribution in [0.1, 0.15) is 23.7 Å². The van der Waals surface area contributed by atoms with E-state index >= 15 is 0 Å². The van der Waals surface area contributed by atoms with Crippen molar-refractivity contribution in [1.29, 1.82) is 0 Å².